The summed E-state index contributed by atoms with van der Waals surface area (Å²) in [6.45, 7) is 8.20. The normalized spacial score (nSPS) is 26.6. The molecule has 108 valence electrons. The lowest BCUT2D eigenvalue weighted by Gasteiger charge is -2.41. The highest BCUT2D eigenvalue weighted by molar-refractivity contribution is 7.11. The second kappa shape index (κ2) is 6.31. The molecule has 3 atom stereocenters. The van der Waals surface area contributed by atoms with Gasteiger partial charge < -0.3 is 10.5 Å². The monoisotopic (exact) mass is 283 g/mol. The molecule has 2 N–H and O–H groups in total. The third-order valence-corrected chi connectivity index (χ3v) is 5.38. The summed E-state index contributed by atoms with van der Waals surface area (Å²) in [5.41, 5.74) is 7.13. The van der Waals surface area contributed by atoms with E-state index in [0.717, 1.165) is 24.4 Å². The Bertz CT molecular complexity index is 421. The Kier molecular flexibility index (Phi) is 4.95. The topological polar surface area (TPSA) is 51.4 Å². The summed E-state index contributed by atoms with van der Waals surface area (Å²) in [6.07, 6.45) is 2.49. The quantitative estimate of drug-likeness (QED) is 0.921. The molecule has 1 aromatic rings. The van der Waals surface area contributed by atoms with Crippen molar-refractivity contribution in [1.29, 1.82) is 0 Å². The summed E-state index contributed by atoms with van der Waals surface area (Å²) in [7, 11) is 1.80. The second-order valence-electron chi connectivity index (χ2n) is 5.37. The number of hydrogen-bond acceptors (Lipinski definition) is 5. The number of nitrogens with zero attached hydrogens (tertiary/aromatic N) is 2. The van der Waals surface area contributed by atoms with Gasteiger partial charge in [-0.25, -0.2) is 4.98 Å². The molecular formula is C14H25N3OS. The lowest BCUT2D eigenvalue weighted by atomic mass is 9.97. The first-order valence-electron chi connectivity index (χ1n) is 6.99. The van der Waals surface area contributed by atoms with Gasteiger partial charge in [0, 0.05) is 37.2 Å². The Labute approximate surface area is 120 Å². The van der Waals surface area contributed by atoms with E-state index in [2.05, 4.69) is 30.7 Å². The molecule has 2 heterocycles. The van der Waals surface area contributed by atoms with Crippen molar-refractivity contribution in [2.24, 2.45) is 5.73 Å². The van der Waals surface area contributed by atoms with Crippen molar-refractivity contribution in [3.8, 4) is 0 Å². The summed E-state index contributed by atoms with van der Waals surface area (Å²) >= 11 is 1.81. The van der Waals surface area contributed by atoms with Crippen LogP contribution in [0, 0.1) is 13.8 Å². The van der Waals surface area contributed by atoms with Crippen molar-refractivity contribution in [3.05, 3.63) is 15.6 Å². The Morgan fingerprint density at radius 1 is 1.53 bits per heavy atom. The first-order chi connectivity index (χ1) is 9.06. The molecule has 0 saturated carbocycles. The van der Waals surface area contributed by atoms with Gasteiger partial charge in [-0.2, -0.15) is 0 Å². The van der Waals surface area contributed by atoms with Crippen molar-refractivity contribution in [3.63, 3.8) is 0 Å². The van der Waals surface area contributed by atoms with Crippen LogP contribution in [0.25, 0.3) is 0 Å². The lowest BCUT2D eigenvalue weighted by molar-refractivity contribution is -0.00119. The molecule has 0 aliphatic carbocycles. The minimum absolute atomic E-state index is 0.362. The average molecular weight is 283 g/mol. The van der Waals surface area contributed by atoms with Gasteiger partial charge in [0.15, 0.2) is 0 Å². The Balaban J connectivity index is 2.14. The number of piperidine rings is 1. The van der Waals surface area contributed by atoms with Gasteiger partial charge in [-0.1, -0.05) is 0 Å². The standard InChI is InChI=1S/C14H25N3OS/c1-9-14(19-11(3)16-9)10(2)17-6-5-13(18-4)7-12(17)8-15/h10,12-13H,5-8,15H2,1-4H3. The minimum Gasteiger partial charge on any atom is -0.381 e. The zero-order chi connectivity index (χ0) is 14.0. The van der Waals surface area contributed by atoms with Crippen LogP contribution in [0.15, 0.2) is 0 Å². The van der Waals surface area contributed by atoms with Crippen LogP contribution >= 0.6 is 11.3 Å². The predicted molar refractivity (Wildman–Crippen MR) is 79.6 cm³/mol. The van der Waals surface area contributed by atoms with Crippen LogP contribution in [0.1, 0.15) is 41.4 Å². The fraction of sp³-hybridized carbons (Fsp3) is 0.786. The predicted octanol–water partition coefficient (Wildman–Crippen LogP) is 2.26. The molecule has 0 spiro atoms. The minimum atomic E-state index is 0.362. The van der Waals surface area contributed by atoms with Crippen LogP contribution < -0.4 is 5.73 Å². The number of nitrogens with two attached hydrogens (primary N) is 1. The van der Waals surface area contributed by atoms with Gasteiger partial charge in [0.25, 0.3) is 0 Å². The van der Waals surface area contributed by atoms with Crippen LogP contribution in [-0.2, 0) is 4.74 Å². The molecule has 1 aliphatic rings. The van der Waals surface area contributed by atoms with E-state index >= 15 is 0 Å². The Morgan fingerprint density at radius 2 is 2.26 bits per heavy atom. The Hall–Kier alpha value is -0.490. The summed E-state index contributed by atoms with van der Waals surface area (Å²) in [6, 6.07) is 0.813. The van der Waals surface area contributed by atoms with E-state index in [1.54, 1.807) is 7.11 Å². The Morgan fingerprint density at radius 3 is 2.79 bits per heavy atom. The van der Waals surface area contributed by atoms with Crippen molar-refractivity contribution >= 4 is 11.3 Å². The maximum Gasteiger partial charge on any atom is 0.0900 e. The highest BCUT2D eigenvalue weighted by Crippen LogP contribution is 2.33. The SMILES string of the molecule is COC1CCN(C(C)c2sc(C)nc2C)C(CN)C1. The zero-order valence-corrected chi connectivity index (χ0v) is 13.2. The van der Waals surface area contributed by atoms with Gasteiger partial charge >= 0.3 is 0 Å². The van der Waals surface area contributed by atoms with Crippen LogP contribution in [0.3, 0.4) is 0 Å². The largest absolute Gasteiger partial charge is 0.381 e. The number of thiazole rings is 1. The van der Waals surface area contributed by atoms with E-state index in [0.29, 0.717) is 24.7 Å². The maximum absolute atomic E-state index is 5.96. The molecule has 0 aromatic carbocycles. The van der Waals surface area contributed by atoms with Gasteiger partial charge in [0.1, 0.15) is 0 Å². The van der Waals surface area contributed by atoms with E-state index in [9.17, 15) is 0 Å². The van der Waals surface area contributed by atoms with E-state index in [1.807, 2.05) is 11.3 Å². The third-order valence-electron chi connectivity index (χ3n) is 4.13. The van der Waals surface area contributed by atoms with E-state index < -0.39 is 0 Å². The number of aryl methyl sites for hydroxylation is 2. The molecule has 5 heteroatoms. The maximum atomic E-state index is 5.96. The molecule has 4 nitrogen and oxygen atoms in total. The summed E-state index contributed by atoms with van der Waals surface area (Å²) in [5.74, 6) is 0. The first kappa shape index (κ1) is 14.9. The van der Waals surface area contributed by atoms with E-state index in [4.69, 9.17) is 10.5 Å². The highest BCUT2D eigenvalue weighted by atomic mass is 32.1. The molecule has 2 rings (SSSR count). The lowest BCUT2D eigenvalue weighted by Crippen LogP contribution is -2.49. The number of likely N-dealkylation sites (tertiary alicyclic amines) is 1. The van der Waals surface area contributed by atoms with Gasteiger partial charge in [0.2, 0.25) is 0 Å². The van der Waals surface area contributed by atoms with Crippen LogP contribution in [0.5, 0.6) is 0 Å². The summed E-state index contributed by atoms with van der Waals surface area (Å²) in [5, 5.41) is 1.15. The third kappa shape index (κ3) is 3.16. The molecule has 3 unspecified atom stereocenters. The average Bonchev–Trinajstić information content (AvgIpc) is 2.76. The van der Waals surface area contributed by atoms with Crippen LogP contribution in [0.2, 0.25) is 0 Å². The molecule has 19 heavy (non-hydrogen) atoms. The number of methoxy groups -OCH3 is 1. The molecule has 0 amide bonds. The van der Waals surface area contributed by atoms with Crippen molar-refractivity contribution in [1.82, 2.24) is 9.88 Å². The molecule has 1 fully saturated rings. The second-order valence-corrected chi connectivity index (χ2v) is 6.60. The van der Waals surface area contributed by atoms with Gasteiger partial charge in [-0.3, -0.25) is 4.90 Å². The summed E-state index contributed by atoms with van der Waals surface area (Å²) < 4.78 is 5.49. The number of ether oxygens (including phenoxy) is 1. The van der Waals surface area contributed by atoms with Gasteiger partial charge in [0.05, 0.1) is 16.8 Å². The molecule has 1 aromatic heterocycles. The fourth-order valence-electron chi connectivity index (χ4n) is 3.07. The number of rotatable bonds is 4. The zero-order valence-electron chi connectivity index (χ0n) is 12.3. The highest BCUT2D eigenvalue weighted by Gasteiger charge is 2.32. The van der Waals surface area contributed by atoms with Gasteiger partial charge in [-0.05, 0) is 33.6 Å². The van der Waals surface area contributed by atoms with E-state index in [1.165, 1.54) is 10.6 Å². The number of aromatic nitrogens is 1. The van der Waals surface area contributed by atoms with Crippen LogP contribution in [0.4, 0.5) is 0 Å². The summed E-state index contributed by atoms with van der Waals surface area (Å²) in [4.78, 5) is 8.45. The fourth-order valence-corrected chi connectivity index (χ4v) is 4.07. The van der Waals surface area contributed by atoms with E-state index in [-0.39, 0.29) is 0 Å². The van der Waals surface area contributed by atoms with Crippen LogP contribution in [-0.4, -0.2) is 42.2 Å². The number of hydrogen-bond donors (Lipinski definition) is 1. The molecule has 0 bridgehead atoms. The molecule has 1 saturated heterocycles. The van der Waals surface area contributed by atoms with Gasteiger partial charge in [-0.15, -0.1) is 11.3 Å². The smallest absolute Gasteiger partial charge is 0.0900 e. The van der Waals surface area contributed by atoms with Crippen molar-refractivity contribution < 1.29 is 4.74 Å². The molecule has 1 aliphatic heterocycles. The molecule has 0 radical (unpaired) electrons. The molecular weight excluding hydrogens is 258 g/mol. The van der Waals surface area contributed by atoms with Crippen molar-refractivity contribution in [2.75, 3.05) is 20.2 Å². The first-order valence-corrected chi connectivity index (χ1v) is 7.81. The van der Waals surface area contributed by atoms with Crippen molar-refractivity contribution in [2.45, 2.75) is 51.8 Å².